The zero-order valence-electron chi connectivity index (χ0n) is 10.8. The Labute approximate surface area is 114 Å². The monoisotopic (exact) mass is 281 g/mol. The number of rotatable bonds is 5. The van der Waals surface area contributed by atoms with Gasteiger partial charge < -0.3 is 10.8 Å². The van der Waals surface area contributed by atoms with Gasteiger partial charge in [-0.1, -0.05) is 5.21 Å². The van der Waals surface area contributed by atoms with Gasteiger partial charge in [0.25, 0.3) is 5.91 Å². The summed E-state index contributed by atoms with van der Waals surface area (Å²) in [5.41, 5.74) is 5.50. The highest BCUT2D eigenvalue weighted by Crippen LogP contribution is 2.12. The van der Waals surface area contributed by atoms with Crippen molar-refractivity contribution in [1.82, 2.24) is 19.9 Å². The molecule has 108 valence electrons. The Hall–Kier alpha value is -2.29. The number of hydrogen-bond donors (Lipinski definition) is 2. The Morgan fingerprint density at radius 3 is 2.70 bits per heavy atom. The van der Waals surface area contributed by atoms with Crippen molar-refractivity contribution in [3.63, 3.8) is 0 Å². The minimum Gasteiger partial charge on any atom is -0.476 e. The zero-order valence-corrected chi connectivity index (χ0v) is 10.8. The van der Waals surface area contributed by atoms with Crippen LogP contribution in [0.4, 0.5) is 0 Å². The number of carbonyl (C=O) groups is 3. The molecule has 0 spiro atoms. The second-order valence-electron chi connectivity index (χ2n) is 4.43. The van der Waals surface area contributed by atoms with Crippen LogP contribution in [0.2, 0.25) is 0 Å². The number of likely N-dealkylation sites (tertiary alicyclic amines) is 1. The molecule has 0 bridgehead atoms. The fourth-order valence-electron chi connectivity index (χ4n) is 2.14. The van der Waals surface area contributed by atoms with Crippen molar-refractivity contribution in [1.29, 1.82) is 0 Å². The molecule has 0 atom stereocenters. The van der Waals surface area contributed by atoms with Gasteiger partial charge >= 0.3 is 5.97 Å². The molecule has 1 saturated heterocycles. The van der Waals surface area contributed by atoms with E-state index in [4.69, 9.17) is 10.8 Å². The van der Waals surface area contributed by atoms with Gasteiger partial charge in [0.1, 0.15) is 6.54 Å². The Kier molecular flexibility index (Phi) is 4.08. The number of hydrogen-bond acceptors (Lipinski definition) is 6. The lowest BCUT2D eigenvalue weighted by Gasteiger charge is -2.14. The first-order valence-corrected chi connectivity index (χ1v) is 6.23. The Morgan fingerprint density at radius 2 is 2.15 bits per heavy atom. The van der Waals surface area contributed by atoms with Gasteiger partial charge in [0.15, 0.2) is 5.69 Å². The number of carbonyl (C=O) groups excluding carboxylic acids is 2. The Balaban J connectivity index is 2.18. The molecule has 2 rings (SSSR count). The molecule has 0 radical (unpaired) electrons. The summed E-state index contributed by atoms with van der Waals surface area (Å²) < 4.78 is 1.20. The van der Waals surface area contributed by atoms with Crippen LogP contribution in [0.3, 0.4) is 0 Å². The predicted molar refractivity (Wildman–Crippen MR) is 65.7 cm³/mol. The van der Waals surface area contributed by atoms with Crippen molar-refractivity contribution >= 4 is 17.8 Å². The molecule has 2 heterocycles. The molecule has 9 nitrogen and oxygen atoms in total. The molecule has 1 aromatic heterocycles. The van der Waals surface area contributed by atoms with Crippen molar-refractivity contribution < 1.29 is 19.5 Å². The maximum atomic E-state index is 12.0. The minimum atomic E-state index is -1.22. The van der Waals surface area contributed by atoms with E-state index in [0.29, 0.717) is 25.1 Å². The molecule has 0 unspecified atom stereocenters. The van der Waals surface area contributed by atoms with Crippen LogP contribution < -0.4 is 5.73 Å². The molecule has 0 saturated carbocycles. The number of aromatic carboxylic acids is 1. The van der Waals surface area contributed by atoms with E-state index in [1.807, 2.05) is 0 Å². The van der Waals surface area contributed by atoms with Crippen LogP contribution in [-0.4, -0.2) is 55.9 Å². The molecular weight excluding hydrogens is 266 g/mol. The Morgan fingerprint density at radius 1 is 1.40 bits per heavy atom. The molecule has 9 heteroatoms. The lowest BCUT2D eigenvalue weighted by atomic mass is 10.2. The lowest BCUT2D eigenvalue weighted by molar-refractivity contribution is -0.142. The molecule has 3 N–H and O–H groups in total. The fraction of sp³-hybridized carbons (Fsp3) is 0.545. The van der Waals surface area contributed by atoms with Crippen molar-refractivity contribution in [2.75, 3.05) is 13.1 Å². The van der Waals surface area contributed by atoms with E-state index in [-0.39, 0.29) is 31.1 Å². The van der Waals surface area contributed by atoms with Crippen LogP contribution in [0, 0.1) is 0 Å². The quantitative estimate of drug-likeness (QED) is 0.680. The third-order valence-corrected chi connectivity index (χ3v) is 3.08. The van der Waals surface area contributed by atoms with Crippen molar-refractivity contribution in [3.8, 4) is 0 Å². The summed E-state index contributed by atoms with van der Waals surface area (Å²) in [4.78, 5) is 35.6. The van der Waals surface area contributed by atoms with Crippen LogP contribution in [-0.2, 0) is 22.6 Å². The van der Waals surface area contributed by atoms with E-state index < -0.39 is 11.9 Å². The number of carboxylic acids is 1. The second-order valence-corrected chi connectivity index (χ2v) is 4.43. The summed E-state index contributed by atoms with van der Waals surface area (Å²) >= 11 is 0. The van der Waals surface area contributed by atoms with Crippen molar-refractivity contribution in [2.45, 2.75) is 25.8 Å². The number of aromatic nitrogens is 3. The topological polar surface area (TPSA) is 131 Å². The van der Waals surface area contributed by atoms with E-state index in [1.54, 1.807) is 0 Å². The van der Waals surface area contributed by atoms with Crippen LogP contribution >= 0.6 is 0 Å². The molecule has 1 fully saturated rings. The molecule has 0 aliphatic carbocycles. The highest BCUT2D eigenvalue weighted by atomic mass is 16.4. The fourth-order valence-corrected chi connectivity index (χ4v) is 2.14. The smallest absolute Gasteiger partial charge is 0.358 e. The van der Waals surface area contributed by atoms with Crippen LogP contribution in [0.15, 0.2) is 0 Å². The van der Waals surface area contributed by atoms with E-state index >= 15 is 0 Å². The first-order chi connectivity index (χ1) is 9.54. The summed E-state index contributed by atoms with van der Waals surface area (Å²) in [6.45, 7) is 0.399. The normalized spacial score (nSPS) is 14.8. The van der Waals surface area contributed by atoms with Gasteiger partial charge in [0, 0.05) is 19.4 Å². The third kappa shape index (κ3) is 2.67. The van der Waals surface area contributed by atoms with Gasteiger partial charge in [-0.25, -0.2) is 9.48 Å². The summed E-state index contributed by atoms with van der Waals surface area (Å²) in [6, 6.07) is 0. The van der Waals surface area contributed by atoms with Gasteiger partial charge in [-0.2, -0.15) is 0 Å². The number of imide groups is 1. The van der Waals surface area contributed by atoms with Gasteiger partial charge in [-0.05, 0) is 13.0 Å². The average molecular weight is 281 g/mol. The highest BCUT2D eigenvalue weighted by molar-refractivity contribution is 5.96. The number of carboxylic acid groups (broad SMARTS) is 1. The lowest BCUT2D eigenvalue weighted by Crippen LogP contribution is -2.35. The SMILES string of the molecule is NCCc1c(C(=O)O)nnn1CC(=O)N1CCCC1=O. The summed E-state index contributed by atoms with van der Waals surface area (Å²) in [6.07, 6.45) is 1.26. The molecular formula is C11H15N5O4. The Bertz CT molecular complexity index is 553. The van der Waals surface area contributed by atoms with Gasteiger partial charge in [0.2, 0.25) is 5.91 Å². The van der Waals surface area contributed by atoms with E-state index in [2.05, 4.69) is 10.3 Å². The standard InChI is InChI=1S/C11H15N5O4/c12-4-3-7-10(11(19)20)13-14-16(7)6-9(18)15-5-1-2-8(15)17/h1-6,12H2,(H,19,20). The minimum absolute atomic E-state index is 0.207. The molecule has 0 aromatic carbocycles. The largest absolute Gasteiger partial charge is 0.476 e. The highest BCUT2D eigenvalue weighted by Gasteiger charge is 2.28. The van der Waals surface area contributed by atoms with Crippen LogP contribution in [0.5, 0.6) is 0 Å². The predicted octanol–water partition coefficient (Wildman–Crippen LogP) is -1.37. The van der Waals surface area contributed by atoms with Crippen LogP contribution in [0.1, 0.15) is 29.0 Å². The molecule has 1 aliphatic rings. The number of nitrogens with two attached hydrogens (primary N) is 1. The molecule has 1 aliphatic heterocycles. The molecule has 2 amide bonds. The van der Waals surface area contributed by atoms with E-state index in [0.717, 1.165) is 4.90 Å². The van der Waals surface area contributed by atoms with Crippen molar-refractivity contribution in [2.24, 2.45) is 5.73 Å². The maximum absolute atomic E-state index is 12.0. The maximum Gasteiger partial charge on any atom is 0.358 e. The first-order valence-electron chi connectivity index (χ1n) is 6.23. The first kappa shape index (κ1) is 14.1. The van der Waals surface area contributed by atoms with Crippen molar-refractivity contribution in [3.05, 3.63) is 11.4 Å². The zero-order chi connectivity index (χ0) is 14.7. The van der Waals surface area contributed by atoms with Gasteiger partial charge in [0.05, 0.1) is 5.69 Å². The van der Waals surface area contributed by atoms with Gasteiger partial charge in [-0.3, -0.25) is 14.5 Å². The molecule has 1 aromatic rings. The van der Waals surface area contributed by atoms with E-state index in [9.17, 15) is 14.4 Å². The molecule has 20 heavy (non-hydrogen) atoms. The van der Waals surface area contributed by atoms with Gasteiger partial charge in [-0.15, -0.1) is 5.10 Å². The second kappa shape index (κ2) is 5.78. The number of nitrogens with zero attached hydrogens (tertiary/aromatic N) is 4. The van der Waals surface area contributed by atoms with Crippen LogP contribution in [0.25, 0.3) is 0 Å². The summed E-state index contributed by atoms with van der Waals surface area (Å²) in [5.74, 6) is -1.84. The van der Waals surface area contributed by atoms with E-state index in [1.165, 1.54) is 4.68 Å². The summed E-state index contributed by atoms with van der Waals surface area (Å²) in [5, 5.41) is 16.2. The number of amides is 2. The third-order valence-electron chi connectivity index (χ3n) is 3.08. The average Bonchev–Trinajstić information content (AvgIpc) is 2.97. The summed E-state index contributed by atoms with van der Waals surface area (Å²) in [7, 11) is 0.